The van der Waals surface area contributed by atoms with Gasteiger partial charge in [0.2, 0.25) is 0 Å². The van der Waals surface area contributed by atoms with Crippen molar-refractivity contribution in [1.29, 1.82) is 0 Å². The standard InChI is InChI=1S/C9H8N2O/c1-6-9-3-2-8(12)4-7(9)5-10-11-6/h2-5,12H,1H3. The lowest BCUT2D eigenvalue weighted by molar-refractivity contribution is 0.476. The van der Waals surface area contributed by atoms with Crippen molar-refractivity contribution in [2.24, 2.45) is 0 Å². The smallest absolute Gasteiger partial charge is 0.116 e. The molecular weight excluding hydrogens is 152 g/mol. The highest BCUT2D eigenvalue weighted by Gasteiger charge is 1.98. The van der Waals surface area contributed by atoms with E-state index in [-0.39, 0.29) is 5.75 Å². The van der Waals surface area contributed by atoms with E-state index in [0.29, 0.717) is 0 Å². The Morgan fingerprint density at radius 3 is 3.00 bits per heavy atom. The van der Waals surface area contributed by atoms with Gasteiger partial charge in [-0.05, 0) is 25.1 Å². The lowest BCUT2D eigenvalue weighted by atomic mass is 10.1. The fourth-order valence-electron chi connectivity index (χ4n) is 1.22. The van der Waals surface area contributed by atoms with Crippen LogP contribution in [-0.4, -0.2) is 15.3 Å². The molecule has 0 aliphatic rings. The Balaban J connectivity index is 2.86. The number of phenols is 1. The summed E-state index contributed by atoms with van der Waals surface area (Å²) >= 11 is 0. The van der Waals surface area contributed by atoms with Gasteiger partial charge in [0, 0.05) is 10.8 Å². The highest BCUT2D eigenvalue weighted by Crippen LogP contribution is 2.19. The summed E-state index contributed by atoms with van der Waals surface area (Å²) in [5, 5.41) is 18.8. The zero-order valence-corrected chi connectivity index (χ0v) is 6.65. The molecule has 12 heavy (non-hydrogen) atoms. The molecule has 0 aliphatic heterocycles. The third-order valence-corrected chi connectivity index (χ3v) is 1.83. The summed E-state index contributed by atoms with van der Waals surface area (Å²) < 4.78 is 0. The van der Waals surface area contributed by atoms with Crippen LogP contribution in [0.5, 0.6) is 5.75 Å². The Hall–Kier alpha value is -1.64. The first-order valence-corrected chi connectivity index (χ1v) is 3.68. The number of benzene rings is 1. The molecule has 60 valence electrons. The number of aromatic hydroxyl groups is 1. The predicted octanol–water partition coefficient (Wildman–Crippen LogP) is 1.64. The maximum absolute atomic E-state index is 9.17. The molecule has 1 aromatic heterocycles. The van der Waals surface area contributed by atoms with Gasteiger partial charge in [-0.15, -0.1) is 0 Å². The van der Waals surface area contributed by atoms with Gasteiger partial charge in [-0.1, -0.05) is 0 Å². The number of phenolic OH excluding ortho intramolecular Hbond substituents is 1. The minimum Gasteiger partial charge on any atom is -0.508 e. The van der Waals surface area contributed by atoms with Gasteiger partial charge in [0.25, 0.3) is 0 Å². The zero-order chi connectivity index (χ0) is 8.55. The molecule has 3 heteroatoms. The predicted molar refractivity (Wildman–Crippen MR) is 45.9 cm³/mol. The van der Waals surface area contributed by atoms with Crippen molar-refractivity contribution in [3.05, 3.63) is 30.1 Å². The molecule has 1 heterocycles. The minimum atomic E-state index is 0.259. The lowest BCUT2D eigenvalue weighted by Crippen LogP contribution is -1.86. The third kappa shape index (κ3) is 0.993. The van der Waals surface area contributed by atoms with Crippen LogP contribution >= 0.6 is 0 Å². The lowest BCUT2D eigenvalue weighted by Gasteiger charge is -1.99. The quantitative estimate of drug-likeness (QED) is 0.637. The maximum atomic E-state index is 9.17. The fraction of sp³-hybridized carbons (Fsp3) is 0.111. The van der Waals surface area contributed by atoms with Gasteiger partial charge in [0.05, 0.1) is 11.9 Å². The van der Waals surface area contributed by atoms with Crippen molar-refractivity contribution in [2.75, 3.05) is 0 Å². The molecule has 0 radical (unpaired) electrons. The van der Waals surface area contributed by atoms with E-state index in [1.54, 1.807) is 18.3 Å². The van der Waals surface area contributed by atoms with Crippen molar-refractivity contribution >= 4 is 10.8 Å². The van der Waals surface area contributed by atoms with Crippen LogP contribution in [0.1, 0.15) is 5.69 Å². The molecule has 0 bridgehead atoms. The van der Waals surface area contributed by atoms with E-state index in [1.165, 1.54) is 0 Å². The van der Waals surface area contributed by atoms with Gasteiger partial charge >= 0.3 is 0 Å². The van der Waals surface area contributed by atoms with E-state index >= 15 is 0 Å². The highest BCUT2D eigenvalue weighted by atomic mass is 16.3. The molecule has 0 fully saturated rings. The molecule has 2 rings (SSSR count). The number of rotatable bonds is 0. The number of aromatic nitrogens is 2. The monoisotopic (exact) mass is 160 g/mol. The number of aryl methyl sites for hydroxylation is 1. The van der Waals surface area contributed by atoms with E-state index in [9.17, 15) is 5.11 Å². The van der Waals surface area contributed by atoms with E-state index in [2.05, 4.69) is 10.2 Å². The summed E-state index contributed by atoms with van der Waals surface area (Å²) in [6, 6.07) is 5.17. The Labute approximate surface area is 69.7 Å². The molecule has 0 saturated heterocycles. The van der Waals surface area contributed by atoms with E-state index in [4.69, 9.17) is 0 Å². The Morgan fingerprint density at radius 2 is 2.17 bits per heavy atom. The number of fused-ring (bicyclic) bond motifs is 1. The highest BCUT2D eigenvalue weighted by molar-refractivity contribution is 5.84. The number of hydrogen-bond donors (Lipinski definition) is 1. The summed E-state index contributed by atoms with van der Waals surface area (Å²) in [5.41, 5.74) is 0.882. The molecule has 0 saturated carbocycles. The normalized spacial score (nSPS) is 10.4. The van der Waals surface area contributed by atoms with Crippen LogP contribution in [0.2, 0.25) is 0 Å². The van der Waals surface area contributed by atoms with E-state index in [1.807, 2.05) is 13.0 Å². The van der Waals surface area contributed by atoms with Gasteiger partial charge in [-0.3, -0.25) is 0 Å². The van der Waals surface area contributed by atoms with Gasteiger partial charge < -0.3 is 5.11 Å². The molecular formula is C9H8N2O. The summed E-state index contributed by atoms with van der Waals surface area (Å²) in [7, 11) is 0. The fourth-order valence-corrected chi connectivity index (χ4v) is 1.22. The van der Waals surface area contributed by atoms with Crippen LogP contribution in [0.15, 0.2) is 24.4 Å². The molecule has 0 aliphatic carbocycles. The number of hydrogen-bond acceptors (Lipinski definition) is 3. The van der Waals surface area contributed by atoms with E-state index < -0.39 is 0 Å². The largest absolute Gasteiger partial charge is 0.508 e. The van der Waals surface area contributed by atoms with Crippen LogP contribution in [0, 0.1) is 6.92 Å². The van der Waals surface area contributed by atoms with Crippen LogP contribution in [0.4, 0.5) is 0 Å². The molecule has 2 aromatic rings. The molecule has 3 nitrogen and oxygen atoms in total. The SMILES string of the molecule is Cc1nncc2cc(O)ccc12. The summed E-state index contributed by atoms with van der Waals surface area (Å²) in [4.78, 5) is 0. The second-order valence-electron chi connectivity index (χ2n) is 2.70. The van der Waals surface area contributed by atoms with Gasteiger partial charge in [-0.2, -0.15) is 10.2 Å². The third-order valence-electron chi connectivity index (χ3n) is 1.83. The molecule has 1 aromatic carbocycles. The average molecular weight is 160 g/mol. The van der Waals surface area contributed by atoms with Gasteiger partial charge in [-0.25, -0.2) is 0 Å². The van der Waals surface area contributed by atoms with Crippen molar-refractivity contribution in [2.45, 2.75) is 6.92 Å². The maximum Gasteiger partial charge on any atom is 0.116 e. The van der Waals surface area contributed by atoms with Crippen molar-refractivity contribution in [3.8, 4) is 5.75 Å². The van der Waals surface area contributed by atoms with Crippen LogP contribution < -0.4 is 0 Å². The van der Waals surface area contributed by atoms with Crippen LogP contribution in [0.25, 0.3) is 10.8 Å². The minimum absolute atomic E-state index is 0.259. The molecule has 0 amide bonds. The number of nitrogens with zero attached hydrogens (tertiary/aromatic N) is 2. The average Bonchev–Trinajstić information content (AvgIpc) is 2.04. The second-order valence-corrected chi connectivity index (χ2v) is 2.70. The van der Waals surface area contributed by atoms with Crippen LogP contribution in [-0.2, 0) is 0 Å². The van der Waals surface area contributed by atoms with Crippen molar-refractivity contribution in [3.63, 3.8) is 0 Å². The first-order chi connectivity index (χ1) is 5.77. The van der Waals surface area contributed by atoms with Gasteiger partial charge in [0.15, 0.2) is 0 Å². The first-order valence-electron chi connectivity index (χ1n) is 3.68. The summed E-state index contributed by atoms with van der Waals surface area (Å²) in [5.74, 6) is 0.259. The topological polar surface area (TPSA) is 46.0 Å². The molecule has 0 atom stereocenters. The van der Waals surface area contributed by atoms with E-state index in [0.717, 1.165) is 16.5 Å². The van der Waals surface area contributed by atoms with Gasteiger partial charge in [0.1, 0.15) is 5.75 Å². The van der Waals surface area contributed by atoms with Crippen molar-refractivity contribution < 1.29 is 5.11 Å². The molecule has 0 unspecified atom stereocenters. The zero-order valence-electron chi connectivity index (χ0n) is 6.65. The Morgan fingerprint density at radius 1 is 1.33 bits per heavy atom. The Bertz CT molecular complexity index is 426. The molecule has 1 N–H and O–H groups in total. The van der Waals surface area contributed by atoms with Crippen LogP contribution in [0.3, 0.4) is 0 Å². The molecule has 0 spiro atoms. The Kier molecular flexibility index (Phi) is 1.43. The summed E-state index contributed by atoms with van der Waals surface area (Å²) in [6.45, 7) is 1.90. The first kappa shape index (κ1) is 7.03. The van der Waals surface area contributed by atoms with Crippen molar-refractivity contribution in [1.82, 2.24) is 10.2 Å². The summed E-state index contributed by atoms with van der Waals surface area (Å²) in [6.07, 6.45) is 1.64. The second kappa shape index (κ2) is 2.44.